The Balaban J connectivity index is 0. The standard InChI is InChI=1S/C5H11N2OP.ClH/c1-7(3-2-6)4-5-9-8;/h2-4,6H2,1H3;1H. The summed E-state index contributed by atoms with van der Waals surface area (Å²) in [6, 6.07) is 0. The Morgan fingerprint density at radius 3 is 2.70 bits per heavy atom. The van der Waals surface area contributed by atoms with Gasteiger partial charge in [0, 0.05) is 0 Å². The first-order valence-corrected chi connectivity index (χ1v) is 3.56. The van der Waals surface area contributed by atoms with Gasteiger partial charge in [0.15, 0.2) is 0 Å². The molecule has 0 aliphatic heterocycles. The number of likely N-dealkylation sites (N-methyl/N-ethyl adjacent to an activating group) is 1. The maximum atomic E-state index is 9.84. The molecule has 0 radical (unpaired) electrons. The quantitative estimate of drug-likeness (QED) is 0.649. The third-order valence-electron chi connectivity index (χ3n) is 0.916. The minimum absolute atomic E-state index is 0. The predicted octanol–water partition coefficient (Wildman–Crippen LogP) is 0.550. The zero-order valence-electron chi connectivity index (χ0n) is 5.91. The van der Waals surface area contributed by atoms with E-state index in [1.165, 1.54) is 0 Å². The van der Waals surface area contributed by atoms with Gasteiger partial charge in [-0.2, -0.15) is 0 Å². The summed E-state index contributed by atoms with van der Waals surface area (Å²) in [6.07, 6.45) is 0. The molecule has 0 bridgehead atoms. The summed E-state index contributed by atoms with van der Waals surface area (Å²) in [4.78, 5) is 1.95. The van der Waals surface area contributed by atoms with Crippen LogP contribution in [0.4, 0.5) is 0 Å². The van der Waals surface area contributed by atoms with Crippen LogP contribution in [0, 0.1) is 5.63 Å². The van der Waals surface area contributed by atoms with E-state index >= 15 is 0 Å². The fraction of sp³-hybridized carbons (Fsp3) is 0.800. The molecule has 0 saturated carbocycles. The van der Waals surface area contributed by atoms with Gasteiger partial charge in [-0.3, -0.25) is 0 Å². The molecule has 0 unspecified atom stereocenters. The van der Waals surface area contributed by atoms with Gasteiger partial charge in [-0.25, -0.2) is 0 Å². The SMILES string of the molecule is CN(CC#P=O)CCN.Cl. The van der Waals surface area contributed by atoms with Crippen LogP contribution in [0.5, 0.6) is 0 Å². The summed E-state index contributed by atoms with van der Waals surface area (Å²) in [5, 5.41) is 0. The van der Waals surface area contributed by atoms with Gasteiger partial charge in [-0.15, -0.1) is 12.4 Å². The Hall–Kier alpha value is 0.220. The summed E-state index contributed by atoms with van der Waals surface area (Å²) in [7, 11) is 1.88. The zero-order chi connectivity index (χ0) is 7.11. The van der Waals surface area contributed by atoms with Crippen LogP contribution < -0.4 is 5.73 Å². The summed E-state index contributed by atoms with van der Waals surface area (Å²) in [6.45, 7) is 2.07. The maximum Gasteiger partial charge on any atom is -0.147 e. The van der Waals surface area contributed by atoms with Crippen molar-refractivity contribution in [1.29, 1.82) is 0 Å². The summed E-state index contributed by atoms with van der Waals surface area (Å²) >= 11 is 0. The van der Waals surface area contributed by atoms with Gasteiger partial charge in [0.1, 0.15) is 0 Å². The van der Waals surface area contributed by atoms with Crippen molar-refractivity contribution in [3.05, 3.63) is 0 Å². The first kappa shape index (κ1) is 12.9. The van der Waals surface area contributed by atoms with E-state index in [2.05, 4.69) is 5.63 Å². The van der Waals surface area contributed by atoms with E-state index < -0.39 is 0 Å². The maximum absolute atomic E-state index is 9.84. The van der Waals surface area contributed by atoms with E-state index in [9.17, 15) is 4.57 Å². The van der Waals surface area contributed by atoms with E-state index in [0.29, 0.717) is 13.1 Å². The van der Waals surface area contributed by atoms with Crippen molar-refractivity contribution >= 4 is 20.3 Å². The summed E-state index contributed by atoms with van der Waals surface area (Å²) in [5.74, 6) is 0. The molecule has 0 fully saturated rings. The fourth-order valence-electron chi connectivity index (χ4n) is 0.449. The fourth-order valence-corrected chi connectivity index (χ4v) is 0.748. The number of nitrogens with zero attached hydrogens (tertiary/aromatic N) is 1. The number of halogens is 1. The van der Waals surface area contributed by atoms with Crippen molar-refractivity contribution in [3.63, 3.8) is 0 Å². The number of nitrogens with two attached hydrogens (primary N) is 1. The molecule has 0 amide bonds. The van der Waals surface area contributed by atoms with Crippen LogP contribution in [-0.2, 0) is 4.57 Å². The molecule has 0 spiro atoms. The second-order valence-corrected chi connectivity index (χ2v) is 2.27. The molecule has 0 aromatic rings. The summed E-state index contributed by atoms with van der Waals surface area (Å²) < 4.78 is 9.84. The van der Waals surface area contributed by atoms with Crippen LogP contribution in [0.25, 0.3) is 0 Å². The first-order chi connectivity index (χ1) is 4.31. The van der Waals surface area contributed by atoms with Crippen molar-refractivity contribution in [2.45, 2.75) is 0 Å². The molecular weight excluding hydrogens is 170 g/mol. The second-order valence-electron chi connectivity index (χ2n) is 1.78. The van der Waals surface area contributed by atoms with Crippen LogP contribution in [0.2, 0.25) is 0 Å². The van der Waals surface area contributed by atoms with Crippen LogP contribution in [0.15, 0.2) is 0 Å². The molecular formula is C5H12ClN2OP. The minimum atomic E-state index is -0.0271. The second kappa shape index (κ2) is 9.22. The summed E-state index contributed by atoms with van der Waals surface area (Å²) in [5.41, 5.74) is 7.87. The minimum Gasteiger partial charge on any atom is -0.147 e. The van der Waals surface area contributed by atoms with E-state index in [4.69, 9.17) is 5.73 Å². The average molecular weight is 183 g/mol. The molecule has 0 heterocycles. The molecule has 0 atom stereocenters. The molecule has 0 aliphatic carbocycles. The van der Waals surface area contributed by atoms with Gasteiger partial charge in [0.25, 0.3) is 0 Å². The van der Waals surface area contributed by atoms with E-state index in [0.717, 1.165) is 6.54 Å². The monoisotopic (exact) mass is 182 g/mol. The molecule has 2 N–H and O–H groups in total. The number of hydrogen-bond acceptors (Lipinski definition) is 3. The first-order valence-electron chi connectivity index (χ1n) is 2.75. The molecule has 0 rings (SSSR count). The van der Waals surface area contributed by atoms with E-state index in [1.807, 2.05) is 11.9 Å². The van der Waals surface area contributed by atoms with E-state index in [1.54, 1.807) is 0 Å². The molecule has 10 heavy (non-hydrogen) atoms. The Kier molecular flexibility index (Phi) is 11.9. The van der Waals surface area contributed by atoms with E-state index in [-0.39, 0.29) is 20.3 Å². The Morgan fingerprint density at radius 1 is 1.70 bits per heavy atom. The largest absolute Gasteiger partial charge is 0.147 e. The number of hydrogen-bond donors (Lipinski definition) is 1. The molecule has 0 aromatic carbocycles. The number of rotatable bonds is 3. The molecule has 0 aliphatic rings. The molecule has 0 aromatic heterocycles. The van der Waals surface area contributed by atoms with Crippen molar-refractivity contribution in [3.8, 4) is 5.63 Å². The van der Waals surface area contributed by atoms with Gasteiger partial charge < -0.3 is 0 Å². The zero-order valence-corrected chi connectivity index (χ0v) is 7.62. The van der Waals surface area contributed by atoms with Crippen LogP contribution in [0.3, 0.4) is 0 Å². The third-order valence-corrected chi connectivity index (χ3v) is 1.19. The average Bonchev–Trinajstić information content (AvgIpc) is 1.85. The predicted molar refractivity (Wildman–Crippen MR) is 45.3 cm³/mol. The van der Waals surface area contributed by atoms with Crippen molar-refractivity contribution in [2.75, 3.05) is 26.7 Å². The Morgan fingerprint density at radius 2 is 2.30 bits per heavy atom. The van der Waals surface area contributed by atoms with Gasteiger partial charge in [0.05, 0.1) is 0 Å². The van der Waals surface area contributed by atoms with Crippen LogP contribution in [0.1, 0.15) is 0 Å². The molecule has 60 valence electrons. The molecule has 5 heteroatoms. The van der Waals surface area contributed by atoms with Gasteiger partial charge in [-0.05, 0) is 0 Å². The van der Waals surface area contributed by atoms with Crippen LogP contribution in [-0.4, -0.2) is 31.6 Å². The Labute approximate surface area is 68.5 Å². The molecule has 3 nitrogen and oxygen atoms in total. The van der Waals surface area contributed by atoms with Crippen molar-refractivity contribution < 1.29 is 4.57 Å². The van der Waals surface area contributed by atoms with Crippen molar-refractivity contribution in [2.24, 2.45) is 5.73 Å². The topological polar surface area (TPSA) is 46.3 Å². The van der Waals surface area contributed by atoms with Crippen molar-refractivity contribution in [1.82, 2.24) is 4.90 Å². The third kappa shape index (κ3) is 8.22. The normalized spacial score (nSPS) is 8.30. The van der Waals surface area contributed by atoms with Gasteiger partial charge in [-0.1, -0.05) is 0 Å². The Bertz CT molecular complexity index is 156. The van der Waals surface area contributed by atoms with Gasteiger partial charge in [0.2, 0.25) is 0 Å². The molecule has 0 saturated heterocycles. The van der Waals surface area contributed by atoms with Crippen LogP contribution >= 0.6 is 20.3 Å². The van der Waals surface area contributed by atoms with Gasteiger partial charge >= 0.3 is 55.4 Å². The smallest absolute Gasteiger partial charge is 0.147 e.